The molecule has 1 aliphatic carbocycles. The maximum absolute atomic E-state index is 12.8. The van der Waals surface area contributed by atoms with E-state index in [0.717, 1.165) is 23.6 Å². The van der Waals surface area contributed by atoms with Crippen molar-refractivity contribution in [1.29, 1.82) is 0 Å². The Morgan fingerprint density at radius 2 is 2.12 bits per heavy atom. The molecule has 0 spiro atoms. The van der Waals surface area contributed by atoms with E-state index in [-0.39, 0.29) is 5.91 Å². The molecule has 24 heavy (non-hydrogen) atoms. The van der Waals surface area contributed by atoms with Crippen LogP contribution < -0.4 is 0 Å². The second kappa shape index (κ2) is 6.05. The van der Waals surface area contributed by atoms with Crippen LogP contribution in [0.4, 0.5) is 0 Å². The predicted octanol–water partition coefficient (Wildman–Crippen LogP) is 2.40. The lowest BCUT2D eigenvalue weighted by Gasteiger charge is -2.26. The average Bonchev–Trinajstić information content (AvgIpc) is 3.23. The maximum atomic E-state index is 12.8. The highest BCUT2D eigenvalue weighted by molar-refractivity contribution is 5.96. The van der Waals surface area contributed by atoms with Crippen LogP contribution in [0.25, 0.3) is 0 Å². The van der Waals surface area contributed by atoms with E-state index in [1.165, 1.54) is 12.8 Å². The zero-order chi connectivity index (χ0) is 16.7. The molecule has 0 N–H and O–H groups in total. The lowest BCUT2D eigenvalue weighted by atomic mass is 10.0. The fourth-order valence-electron chi connectivity index (χ4n) is 3.10. The number of rotatable bonds is 5. The molecule has 0 atom stereocenters. The Morgan fingerprint density at radius 1 is 1.29 bits per heavy atom. The summed E-state index contributed by atoms with van der Waals surface area (Å²) in [4.78, 5) is 14.6. The van der Waals surface area contributed by atoms with E-state index in [4.69, 9.17) is 13.8 Å². The van der Waals surface area contributed by atoms with Gasteiger partial charge in [0.1, 0.15) is 22.8 Å². The Labute approximate surface area is 139 Å². The Kier molecular flexibility index (Phi) is 3.88. The molecule has 1 fully saturated rings. The molecule has 2 aromatic rings. The molecule has 0 radical (unpaired) electrons. The summed E-state index contributed by atoms with van der Waals surface area (Å²) in [7, 11) is 0. The smallest absolute Gasteiger partial charge is 0.259 e. The lowest BCUT2D eigenvalue weighted by Crippen LogP contribution is -2.36. The molecule has 128 valence electrons. The highest BCUT2D eigenvalue weighted by Crippen LogP contribution is 2.30. The second-order valence-corrected chi connectivity index (χ2v) is 6.67. The van der Waals surface area contributed by atoms with Crippen molar-refractivity contribution in [3.8, 4) is 0 Å². The van der Waals surface area contributed by atoms with Crippen molar-refractivity contribution in [3.05, 3.63) is 34.0 Å². The summed E-state index contributed by atoms with van der Waals surface area (Å²) in [5.41, 5.74) is 2.97. The number of carbonyl (C=O) groups excluding carboxylic acids is 1. The summed E-state index contributed by atoms with van der Waals surface area (Å²) in [6.07, 6.45) is 3.19. The molecule has 0 unspecified atom stereocenters. The molecular weight excluding hydrogens is 310 g/mol. The minimum Gasteiger partial charge on any atom is -0.375 e. The van der Waals surface area contributed by atoms with Gasteiger partial charge >= 0.3 is 0 Å². The Balaban J connectivity index is 1.48. The number of fused-ring (bicyclic) bond motifs is 1. The van der Waals surface area contributed by atoms with Crippen molar-refractivity contribution in [3.63, 3.8) is 0 Å². The van der Waals surface area contributed by atoms with Gasteiger partial charge in [0.05, 0.1) is 18.8 Å². The van der Waals surface area contributed by atoms with E-state index < -0.39 is 0 Å². The minimum absolute atomic E-state index is 0.0528. The third-order valence-electron chi connectivity index (χ3n) is 4.73. The summed E-state index contributed by atoms with van der Waals surface area (Å²) in [5.74, 6) is 2.08. The van der Waals surface area contributed by atoms with Gasteiger partial charge in [0, 0.05) is 25.1 Å². The van der Waals surface area contributed by atoms with E-state index >= 15 is 0 Å². The van der Waals surface area contributed by atoms with Crippen molar-refractivity contribution in [2.75, 3.05) is 13.2 Å². The number of carbonyl (C=O) groups is 1. The van der Waals surface area contributed by atoms with Crippen molar-refractivity contribution in [2.45, 2.75) is 46.3 Å². The van der Waals surface area contributed by atoms with Crippen LogP contribution in [-0.2, 0) is 24.3 Å². The molecule has 7 heteroatoms. The van der Waals surface area contributed by atoms with Crippen LogP contribution in [0.3, 0.4) is 0 Å². The van der Waals surface area contributed by atoms with Crippen LogP contribution >= 0.6 is 0 Å². The zero-order valence-electron chi connectivity index (χ0n) is 14.0. The second-order valence-electron chi connectivity index (χ2n) is 6.67. The standard InChI is InChI=1S/C17H21N3O4/c1-10-16(11(2)23-18-10)17(21)20-6-5-15-13(7-20)14(19-24-15)9-22-8-12-3-4-12/h12H,3-9H2,1-2H3. The number of hydrogen-bond donors (Lipinski definition) is 0. The Morgan fingerprint density at radius 3 is 2.83 bits per heavy atom. The molecule has 7 nitrogen and oxygen atoms in total. The summed E-state index contributed by atoms with van der Waals surface area (Å²) in [5, 5.41) is 8.01. The molecule has 2 aromatic heterocycles. The fourth-order valence-corrected chi connectivity index (χ4v) is 3.10. The first-order chi connectivity index (χ1) is 11.6. The normalized spacial score (nSPS) is 17.2. The van der Waals surface area contributed by atoms with Crippen LogP contribution in [0.5, 0.6) is 0 Å². The number of nitrogens with zero attached hydrogens (tertiary/aromatic N) is 3. The largest absolute Gasteiger partial charge is 0.375 e. The van der Waals surface area contributed by atoms with Crippen LogP contribution in [-0.4, -0.2) is 34.3 Å². The Bertz CT molecular complexity index is 740. The number of amides is 1. The summed E-state index contributed by atoms with van der Waals surface area (Å²) in [6.45, 7) is 5.87. The Hall–Kier alpha value is -2.15. The van der Waals surface area contributed by atoms with Crippen LogP contribution in [0, 0.1) is 19.8 Å². The molecule has 1 aliphatic heterocycles. The van der Waals surface area contributed by atoms with Gasteiger partial charge in [-0.3, -0.25) is 4.79 Å². The van der Waals surface area contributed by atoms with Crippen molar-refractivity contribution < 1.29 is 18.6 Å². The summed E-state index contributed by atoms with van der Waals surface area (Å²) < 4.78 is 16.3. The molecule has 0 bridgehead atoms. The van der Waals surface area contributed by atoms with Gasteiger partial charge in [-0.05, 0) is 32.6 Å². The fraction of sp³-hybridized carbons (Fsp3) is 0.588. The first-order valence-electron chi connectivity index (χ1n) is 8.39. The van der Waals surface area contributed by atoms with Crippen LogP contribution in [0.2, 0.25) is 0 Å². The van der Waals surface area contributed by atoms with Gasteiger partial charge < -0.3 is 18.7 Å². The van der Waals surface area contributed by atoms with E-state index in [0.29, 0.717) is 49.1 Å². The first-order valence-corrected chi connectivity index (χ1v) is 8.39. The molecule has 1 amide bonds. The minimum atomic E-state index is -0.0528. The number of hydrogen-bond acceptors (Lipinski definition) is 6. The van der Waals surface area contributed by atoms with Gasteiger partial charge in [0.15, 0.2) is 0 Å². The summed E-state index contributed by atoms with van der Waals surface area (Å²) >= 11 is 0. The van der Waals surface area contributed by atoms with E-state index in [1.807, 2.05) is 0 Å². The van der Waals surface area contributed by atoms with Gasteiger partial charge in [-0.15, -0.1) is 0 Å². The third kappa shape index (κ3) is 2.84. The quantitative estimate of drug-likeness (QED) is 0.837. The predicted molar refractivity (Wildman–Crippen MR) is 83.3 cm³/mol. The molecular formula is C17H21N3O4. The monoisotopic (exact) mass is 331 g/mol. The topological polar surface area (TPSA) is 81.6 Å². The lowest BCUT2D eigenvalue weighted by molar-refractivity contribution is 0.0723. The SMILES string of the molecule is Cc1noc(C)c1C(=O)N1CCc2onc(COCC3CC3)c2C1. The van der Waals surface area contributed by atoms with E-state index in [1.54, 1.807) is 18.7 Å². The van der Waals surface area contributed by atoms with E-state index in [2.05, 4.69) is 10.3 Å². The molecule has 0 saturated heterocycles. The summed E-state index contributed by atoms with van der Waals surface area (Å²) in [6, 6.07) is 0. The van der Waals surface area contributed by atoms with Crippen molar-refractivity contribution in [2.24, 2.45) is 5.92 Å². The highest BCUT2D eigenvalue weighted by Gasteiger charge is 2.30. The van der Waals surface area contributed by atoms with Gasteiger partial charge in [-0.25, -0.2) is 0 Å². The molecule has 0 aromatic carbocycles. The van der Waals surface area contributed by atoms with Crippen LogP contribution in [0.1, 0.15) is 51.7 Å². The van der Waals surface area contributed by atoms with Gasteiger partial charge in [0.2, 0.25) is 0 Å². The zero-order valence-corrected chi connectivity index (χ0v) is 14.0. The number of aromatic nitrogens is 2. The van der Waals surface area contributed by atoms with Gasteiger partial charge in [-0.2, -0.15) is 0 Å². The maximum Gasteiger partial charge on any atom is 0.259 e. The highest BCUT2D eigenvalue weighted by atomic mass is 16.5. The molecule has 2 aliphatic rings. The average molecular weight is 331 g/mol. The van der Waals surface area contributed by atoms with Gasteiger partial charge in [0.25, 0.3) is 5.91 Å². The van der Waals surface area contributed by atoms with Crippen molar-refractivity contribution >= 4 is 5.91 Å². The van der Waals surface area contributed by atoms with Crippen molar-refractivity contribution in [1.82, 2.24) is 15.2 Å². The first kappa shape index (κ1) is 15.4. The third-order valence-corrected chi connectivity index (χ3v) is 4.73. The number of aryl methyl sites for hydroxylation is 2. The van der Waals surface area contributed by atoms with Gasteiger partial charge in [-0.1, -0.05) is 10.3 Å². The van der Waals surface area contributed by atoms with Crippen LogP contribution in [0.15, 0.2) is 9.05 Å². The number of ether oxygens (including phenoxy) is 1. The van der Waals surface area contributed by atoms with E-state index in [9.17, 15) is 4.79 Å². The molecule has 1 saturated carbocycles. The molecule has 4 rings (SSSR count). The molecule has 3 heterocycles.